The lowest BCUT2D eigenvalue weighted by molar-refractivity contribution is -0.137. The molecule has 0 amide bonds. The molecule has 0 unspecified atom stereocenters. The molecule has 0 aliphatic heterocycles. The third kappa shape index (κ3) is 5.33. The fraction of sp³-hybridized carbons (Fsp3) is 0.667. The zero-order valence-corrected chi connectivity index (χ0v) is 13.4. The van der Waals surface area contributed by atoms with Gasteiger partial charge in [0, 0.05) is 28.9 Å². The number of hydrogen-bond donors (Lipinski definition) is 1. The minimum atomic E-state index is -0.729. The molecule has 0 fully saturated rings. The van der Waals surface area contributed by atoms with Crippen LogP contribution in [0, 0.1) is 0 Å². The number of carboxylic acids is 1. The van der Waals surface area contributed by atoms with Crippen LogP contribution in [0.15, 0.2) is 12.1 Å². The molecule has 0 saturated carbocycles. The van der Waals surface area contributed by atoms with E-state index < -0.39 is 5.97 Å². The Hall–Kier alpha value is -0.870. The van der Waals surface area contributed by atoms with Crippen LogP contribution in [0.5, 0.6) is 0 Å². The Morgan fingerprint density at radius 1 is 1.37 bits per heavy atom. The van der Waals surface area contributed by atoms with Gasteiger partial charge >= 0.3 is 5.97 Å². The van der Waals surface area contributed by atoms with E-state index in [2.05, 4.69) is 51.7 Å². The van der Waals surface area contributed by atoms with E-state index in [9.17, 15) is 4.79 Å². The van der Waals surface area contributed by atoms with Crippen LogP contribution in [0.1, 0.15) is 50.8 Å². The third-order valence-electron chi connectivity index (χ3n) is 3.10. The molecule has 1 heterocycles. The van der Waals surface area contributed by atoms with Crippen LogP contribution in [0.2, 0.25) is 0 Å². The Balaban J connectivity index is 2.69. The van der Waals surface area contributed by atoms with Gasteiger partial charge in [-0.25, -0.2) is 0 Å². The first-order valence-electron chi connectivity index (χ1n) is 6.75. The van der Waals surface area contributed by atoms with E-state index in [0.717, 1.165) is 6.54 Å². The van der Waals surface area contributed by atoms with Crippen LogP contribution in [0.4, 0.5) is 0 Å². The van der Waals surface area contributed by atoms with E-state index in [4.69, 9.17) is 5.11 Å². The Labute approximate surface area is 120 Å². The average molecular weight is 283 g/mol. The van der Waals surface area contributed by atoms with Gasteiger partial charge in [0.1, 0.15) is 0 Å². The van der Waals surface area contributed by atoms with Crippen molar-refractivity contribution in [3.05, 3.63) is 21.9 Å². The van der Waals surface area contributed by atoms with Crippen LogP contribution in [-0.4, -0.2) is 28.6 Å². The summed E-state index contributed by atoms with van der Waals surface area (Å²) in [5, 5.41) is 8.80. The molecule has 1 N–H and O–H groups in total. The van der Waals surface area contributed by atoms with Gasteiger partial charge in [0.2, 0.25) is 0 Å². The smallest absolute Gasteiger partial charge is 0.304 e. The highest BCUT2D eigenvalue weighted by molar-refractivity contribution is 7.12. The number of nitrogens with zero attached hydrogens (tertiary/aromatic N) is 1. The van der Waals surface area contributed by atoms with Gasteiger partial charge < -0.3 is 5.11 Å². The van der Waals surface area contributed by atoms with Crippen LogP contribution < -0.4 is 0 Å². The zero-order valence-electron chi connectivity index (χ0n) is 12.6. The molecule has 3 nitrogen and oxygen atoms in total. The Bertz CT molecular complexity index is 418. The highest BCUT2D eigenvalue weighted by Crippen LogP contribution is 2.30. The molecule has 108 valence electrons. The van der Waals surface area contributed by atoms with Crippen molar-refractivity contribution in [1.29, 1.82) is 0 Å². The first kappa shape index (κ1) is 16.2. The van der Waals surface area contributed by atoms with Crippen LogP contribution in [-0.2, 0) is 16.8 Å². The summed E-state index contributed by atoms with van der Waals surface area (Å²) >= 11 is 1.83. The third-order valence-corrected chi connectivity index (χ3v) is 4.60. The lowest BCUT2D eigenvalue weighted by atomic mass is 9.95. The van der Waals surface area contributed by atoms with Crippen molar-refractivity contribution in [3.63, 3.8) is 0 Å². The number of rotatable bonds is 6. The highest BCUT2D eigenvalue weighted by atomic mass is 32.1. The average Bonchev–Trinajstić information content (AvgIpc) is 2.71. The van der Waals surface area contributed by atoms with E-state index in [1.165, 1.54) is 9.75 Å². The number of carbonyl (C=O) groups is 1. The molecule has 19 heavy (non-hydrogen) atoms. The minimum Gasteiger partial charge on any atom is -0.481 e. The topological polar surface area (TPSA) is 40.5 Å². The molecule has 4 heteroatoms. The molecule has 0 atom stereocenters. The molecule has 0 bridgehead atoms. The summed E-state index contributed by atoms with van der Waals surface area (Å²) in [7, 11) is 0. The first-order valence-corrected chi connectivity index (χ1v) is 7.57. The molecular formula is C15H25NO2S. The number of hydrogen-bond acceptors (Lipinski definition) is 3. The summed E-state index contributed by atoms with van der Waals surface area (Å²) in [5.41, 5.74) is 0.187. The lowest BCUT2D eigenvalue weighted by Gasteiger charge is -2.25. The molecule has 0 aliphatic rings. The normalized spacial score (nSPS) is 12.4. The Morgan fingerprint density at radius 2 is 2.00 bits per heavy atom. The molecule has 1 aromatic heterocycles. The summed E-state index contributed by atoms with van der Waals surface area (Å²) in [6.45, 7) is 12.3. The van der Waals surface area contributed by atoms with E-state index in [-0.39, 0.29) is 11.8 Å². The summed E-state index contributed by atoms with van der Waals surface area (Å²) in [6, 6.07) is 4.72. The summed E-state index contributed by atoms with van der Waals surface area (Å²) in [5.74, 6) is -0.729. The monoisotopic (exact) mass is 283 g/mol. The summed E-state index contributed by atoms with van der Waals surface area (Å²) in [4.78, 5) is 15.6. The SMILES string of the molecule is CC(C)N(CCC(=O)O)Cc1ccc(C(C)(C)C)s1. The Morgan fingerprint density at radius 3 is 2.42 bits per heavy atom. The van der Waals surface area contributed by atoms with Crippen molar-refractivity contribution in [2.24, 2.45) is 0 Å². The van der Waals surface area contributed by atoms with Crippen molar-refractivity contribution >= 4 is 17.3 Å². The number of aliphatic carboxylic acids is 1. The summed E-state index contributed by atoms with van der Waals surface area (Å²) < 4.78 is 0. The fourth-order valence-electron chi connectivity index (χ4n) is 1.83. The Kier molecular flexibility index (Phi) is 5.56. The quantitative estimate of drug-likeness (QED) is 0.864. The van der Waals surface area contributed by atoms with Crippen LogP contribution in [0.3, 0.4) is 0 Å². The molecule has 0 radical (unpaired) electrons. The summed E-state index contributed by atoms with van der Waals surface area (Å²) in [6.07, 6.45) is 0.204. The van der Waals surface area contributed by atoms with E-state index >= 15 is 0 Å². The number of carboxylic acid groups (broad SMARTS) is 1. The van der Waals surface area contributed by atoms with Gasteiger partial charge in [0.05, 0.1) is 6.42 Å². The van der Waals surface area contributed by atoms with Gasteiger partial charge in [-0.15, -0.1) is 11.3 Å². The fourth-order valence-corrected chi connectivity index (χ4v) is 2.92. The van der Waals surface area contributed by atoms with Gasteiger partial charge in [-0.2, -0.15) is 0 Å². The largest absolute Gasteiger partial charge is 0.481 e. The van der Waals surface area contributed by atoms with Crippen molar-refractivity contribution in [2.75, 3.05) is 6.54 Å². The standard InChI is InChI=1S/C15H25NO2S/c1-11(2)16(9-8-14(17)18)10-12-6-7-13(19-12)15(3,4)5/h6-7,11H,8-10H2,1-5H3,(H,17,18). The minimum absolute atomic E-state index is 0.187. The van der Waals surface area contributed by atoms with Crippen molar-refractivity contribution in [1.82, 2.24) is 4.90 Å². The molecule has 0 spiro atoms. The second kappa shape index (κ2) is 6.53. The predicted octanol–water partition coefficient (Wildman–Crippen LogP) is 3.73. The van der Waals surface area contributed by atoms with E-state index in [0.29, 0.717) is 12.6 Å². The molecule has 1 aromatic rings. The molecule has 0 aliphatic carbocycles. The van der Waals surface area contributed by atoms with E-state index in [1.807, 2.05) is 11.3 Å². The molecule has 1 rings (SSSR count). The number of thiophene rings is 1. The van der Waals surface area contributed by atoms with Gasteiger partial charge in [-0.1, -0.05) is 20.8 Å². The zero-order chi connectivity index (χ0) is 14.6. The maximum Gasteiger partial charge on any atom is 0.304 e. The second-order valence-corrected chi connectivity index (χ2v) is 7.39. The van der Waals surface area contributed by atoms with Gasteiger partial charge in [0.15, 0.2) is 0 Å². The van der Waals surface area contributed by atoms with Gasteiger partial charge in [-0.3, -0.25) is 9.69 Å². The van der Waals surface area contributed by atoms with Gasteiger partial charge in [-0.05, 0) is 31.4 Å². The molecule has 0 saturated heterocycles. The maximum absolute atomic E-state index is 10.7. The van der Waals surface area contributed by atoms with Crippen molar-refractivity contribution in [3.8, 4) is 0 Å². The van der Waals surface area contributed by atoms with Crippen LogP contribution >= 0.6 is 11.3 Å². The van der Waals surface area contributed by atoms with Crippen LogP contribution in [0.25, 0.3) is 0 Å². The lowest BCUT2D eigenvalue weighted by Crippen LogP contribution is -2.32. The highest BCUT2D eigenvalue weighted by Gasteiger charge is 2.18. The van der Waals surface area contributed by atoms with Gasteiger partial charge in [0.25, 0.3) is 0 Å². The van der Waals surface area contributed by atoms with E-state index in [1.54, 1.807) is 0 Å². The first-order chi connectivity index (χ1) is 8.70. The second-order valence-electron chi connectivity index (χ2n) is 6.22. The predicted molar refractivity (Wildman–Crippen MR) is 80.8 cm³/mol. The molecular weight excluding hydrogens is 258 g/mol. The maximum atomic E-state index is 10.7. The van der Waals surface area contributed by atoms with Crippen molar-refractivity contribution < 1.29 is 9.90 Å². The molecule has 0 aromatic carbocycles. The van der Waals surface area contributed by atoms with Crippen molar-refractivity contribution in [2.45, 2.75) is 59.0 Å².